The highest BCUT2D eigenvalue weighted by Gasteiger charge is 2.29. The second-order valence-corrected chi connectivity index (χ2v) is 8.02. The molecule has 1 aliphatic carbocycles. The number of fused-ring (bicyclic) bond motifs is 1. The van der Waals surface area contributed by atoms with Crippen molar-refractivity contribution in [3.63, 3.8) is 0 Å². The first-order valence-corrected chi connectivity index (χ1v) is 9.75. The van der Waals surface area contributed by atoms with Crippen molar-refractivity contribution in [2.45, 2.75) is 64.5 Å². The zero-order valence-corrected chi connectivity index (χ0v) is 15.9. The van der Waals surface area contributed by atoms with Crippen LogP contribution in [0.5, 0.6) is 0 Å². The summed E-state index contributed by atoms with van der Waals surface area (Å²) in [6.07, 6.45) is 6.98. The van der Waals surface area contributed by atoms with Gasteiger partial charge >= 0.3 is 0 Å². The minimum atomic E-state index is 0.521. The number of piperazine rings is 1. The first-order chi connectivity index (χ1) is 12.0. The molecule has 0 amide bonds. The molecule has 4 rings (SSSR count). The van der Waals surface area contributed by atoms with Gasteiger partial charge in [-0.3, -0.25) is 9.58 Å². The van der Waals surface area contributed by atoms with Crippen molar-refractivity contribution < 1.29 is 0 Å². The van der Waals surface area contributed by atoms with Gasteiger partial charge in [-0.1, -0.05) is 12.8 Å². The molecule has 2 aromatic heterocycles. The average Bonchev–Trinajstić information content (AvgIpc) is 3.24. The number of hydrogen-bond acceptors (Lipinski definition) is 5. The summed E-state index contributed by atoms with van der Waals surface area (Å²) < 4.78 is 1.90. The monoisotopic (exact) mass is 342 g/mol. The summed E-state index contributed by atoms with van der Waals surface area (Å²) in [5.74, 6) is 2.64. The van der Waals surface area contributed by atoms with E-state index in [0.29, 0.717) is 18.0 Å². The second kappa shape index (κ2) is 6.56. The lowest BCUT2D eigenvalue weighted by Crippen LogP contribution is -2.54. The van der Waals surface area contributed by atoms with E-state index in [4.69, 9.17) is 9.97 Å². The molecule has 0 radical (unpaired) electrons. The summed E-state index contributed by atoms with van der Waals surface area (Å²) >= 11 is 0. The van der Waals surface area contributed by atoms with Gasteiger partial charge < -0.3 is 4.90 Å². The molecular formula is C19H30N6. The van der Waals surface area contributed by atoms with E-state index in [-0.39, 0.29) is 0 Å². The van der Waals surface area contributed by atoms with Crippen LogP contribution in [0.2, 0.25) is 0 Å². The molecule has 0 N–H and O–H groups in total. The Morgan fingerprint density at radius 3 is 2.56 bits per heavy atom. The van der Waals surface area contributed by atoms with Crippen LogP contribution in [0.15, 0.2) is 6.20 Å². The highest BCUT2D eigenvalue weighted by atomic mass is 15.3. The molecule has 2 aromatic rings. The number of aryl methyl sites for hydroxylation is 1. The van der Waals surface area contributed by atoms with E-state index in [0.717, 1.165) is 42.3 Å². The Balaban J connectivity index is 1.71. The molecule has 0 bridgehead atoms. The van der Waals surface area contributed by atoms with Crippen LogP contribution in [0, 0.1) is 0 Å². The molecular weight excluding hydrogens is 312 g/mol. The molecule has 1 aliphatic heterocycles. The van der Waals surface area contributed by atoms with Crippen LogP contribution >= 0.6 is 0 Å². The predicted molar refractivity (Wildman–Crippen MR) is 101 cm³/mol. The van der Waals surface area contributed by atoms with Crippen LogP contribution in [0.1, 0.15) is 58.2 Å². The maximum Gasteiger partial charge on any atom is 0.163 e. The van der Waals surface area contributed by atoms with Gasteiger partial charge in [0.25, 0.3) is 0 Å². The molecule has 2 aliphatic rings. The zero-order chi connectivity index (χ0) is 17.6. The fraction of sp³-hybridized carbons (Fsp3) is 0.737. The van der Waals surface area contributed by atoms with E-state index >= 15 is 0 Å². The smallest absolute Gasteiger partial charge is 0.163 e. The molecule has 1 atom stereocenters. The van der Waals surface area contributed by atoms with Crippen molar-refractivity contribution >= 4 is 16.9 Å². The Bertz CT molecular complexity index is 746. The summed E-state index contributed by atoms with van der Waals surface area (Å²) in [6, 6.07) is 1.13. The van der Waals surface area contributed by atoms with Gasteiger partial charge in [-0.25, -0.2) is 9.97 Å². The lowest BCUT2D eigenvalue weighted by Gasteiger charge is -2.42. The number of aromatic nitrogens is 4. The van der Waals surface area contributed by atoms with Crippen molar-refractivity contribution in [1.29, 1.82) is 0 Å². The summed E-state index contributed by atoms with van der Waals surface area (Å²) in [4.78, 5) is 15.0. The largest absolute Gasteiger partial charge is 0.353 e. The van der Waals surface area contributed by atoms with Gasteiger partial charge in [-0.15, -0.1) is 0 Å². The van der Waals surface area contributed by atoms with E-state index in [1.807, 2.05) is 17.9 Å². The lowest BCUT2D eigenvalue weighted by atomic mass is 10.1. The first kappa shape index (κ1) is 16.8. The highest BCUT2D eigenvalue weighted by molar-refractivity contribution is 5.87. The molecule has 136 valence electrons. The Morgan fingerprint density at radius 2 is 1.88 bits per heavy atom. The molecule has 0 spiro atoms. The fourth-order valence-corrected chi connectivity index (χ4v) is 4.56. The third-order valence-corrected chi connectivity index (χ3v) is 5.95. The van der Waals surface area contributed by atoms with Gasteiger partial charge in [0.1, 0.15) is 11.6 Å². The Kier molecular flexibility index (Phi) is 4.40. The van der Waals surface area contributed by atoms with Crippen molar-refractivity contribution in [2.75, 3.05) is 24.5 Å². The fourth-order valence-electron chi connectivity index (χ4n) is 4.56. The molecule has 25 heavy (non-hydrogen) atoms. The Hall–Kier alpha value is -1.69. The SMILES string of the molecule is CC(C)N1CCN(c2nc(C3CCCC3)nc3c2cnn3C)C[C@H]1C. The highest BCUT2D eigenvalue weighted by Crippen LogP contribution is 2.35. The Labute approximate surface area is 150 Å². The molecule has 6 nitrogen and oxygen atoms in total. The topological polar surface area (TPSA) is 50.1 Å². The van der Waals surface area contributed by atoms with E-state index in [9.17, 15) is 0 Å². The standard InChI is InChI=1S/C19H30N6/c1-13(2)25-10-9-24(12-14(25)3)19-16-11-20-23(4)18(16)21-17(22-19)15-7-5-6-8-15/h11,13-15H,5-10,12H2,1-4H3/t14-/m1/s1. The van der Waals surface area contributed by atoms with E-state index in [1.54, 1.807) is 0 Å². The van der Waals surface area contributed by atoms with Crippen LogP contribution in [-0.4, -0.2) is 56.4 Å². The van der Waals surface area contributed by atoms with Crippen LogP contribution in [0.3, 0.4) is 0 Å². The molecule has 2 fully saturated rings. The molecule has 0 unspecified atom stereocenters. The van der Waals surface area contributed by atoms with Gasteiger partial charge in [0.15, 0.2) is 5.65 Å². The van der Waals surface area contributed by atoms with E-state index in [1.165, 1.54) is 25.7 Å². The number of anilines is 1. The van der Waals surface area contributed by atoms with Crippen LogP contribution in [0.25, 0.3) is 11.0 Å². The van der Waals surface area contributed by atoms with Gasteiger partial charge in [0.2, 0.25) is 0 Å². The van der Waals surface area contributed by atoms with E-state index in [2.05, 4.69) is 35.7 Å². The van der Waals surface area contributed by atoms with Crippen molar-refractivity contribution in [1.82, 2.24) is 24.6 Å². The summed E-state index contributed by atoms with van der Waals surface area (Å²) in [5.41, 5.74) is 0.978. The van der Waals surface area contributed by atoms with Crippen LogP contribution < -0.4 is 4.90 Å². The quantitative estimate of drug-likeness (QED) is 0.858. The average molecular weight is 342 g/mol. The number of nitrogens with zero attached hydrogens (tertiary/aromatic N) is 6. The van der Waals surface area contributed by atoms with Gasteiger partial charge in [0, 0.05) is 44.7 Å². The minimum Gasteiger partial charge on any atom is -0.353 e. The van der Waals surface area contributed by atoms with Crippen molar-refractivity contribution in [3.8, 4) is 0 Å². The maximum absolute atomic E-state index is 5.07. The third-order valence-electron chi connectivity index (χ3n) is 5.95. The predicted octanol–water partition coefficient (Wildman–Crippen LogP) is 2.94. The van der Waals surface area contributed by atoms with Gasteiger partial charge in [0.05, 0.1) is 11.6 Å². The maximum atomic E-state index is 5.07. The molecule has 1 saturated heterocycles. The summed E-state index contributed by atoms with van der Waals surface area (Å²) in [7, 11) is 1.98. The first-order valence-electron chi connectivity index (χ1n) is 9.75. The summed E-state index contributed by atoms with van der Waals surface area (Å²) in [5, 5.41) is 5.55. The van der Waals surface area contributed by atoms with Gasteiger partial charge in [-0.05, 0) is 33.6 Å². The third kappa shape index (κ3) is 3.01. The van der Waals surface area contributed by atoms with Crippen molar-refractivity contribution in [2.24, 2.45) is 7.05 Å². The van der Waals surface area contributed by atoms with Crippen LogP contribution in [0.4, 0.5) is 5.82 Å². The normalized spacial score (nSPS) is 23.2. The minimum absolute atomic E-state index is 0.521. The molecule has 3 heterocycles. The lowest BCUT2D eigenvalue weighted by molar-refractivity contribution is 0.148. The molecule has 6 heteroatoms. The van der Waals surface area contributed by atoms with Crippen LogP contribution in [-0.2, 0) is 7.05 Å². The number of hydrogen-bond donors (Lipinski definition) is 0. The number of rotatable bonds is 3. The molecule has 1 saturated carbocycles. The van der Waals surface area contributed by atoms with Crippen molar-refractivity contribution in [3.05, 3.63) is 12.0 Å². The molecule has 0 aromatic carbocycles. The Morgan fingerprint density at radius 1 is 1.12 bits per heavy atom. The summed E-state index contributed by atoms with van der Waals surface area (Å²) in [6.45, 7) is 10.0. The van der Waals surface area contributed by atoms with E-state index < -0.39 is 0 Å². The second-order valence-electron chi connectivity index (χ2n) is 8.02. The zero-order valence-electron chi connectivity index (χ0n) is 15.9. The van der Waals surface area contributed by atoms with Gasteiger partial charge in [-0.2, -0.15) is 5.10 Å².